The van der Waals surface area contributed by atoms with Crippen molar-refractivity contribution in [1.29, 1.82) is 0 Å². The van der Waals surface area contributed by atoms with Crippen LogP contribution in [0.2, 0.25) is 0 Å². The molecule has 16 heavy (non-hydrogen) atoms. The van der Waals surface area contributed by atoms with E-state index >= 15 is 0 Å². The quantitative estimate of drug-likeness (QED) is 0.681. The van der Waals surface area contributed by atoms with Gasteiger partial charge < -0.3 is 5.32 Å². The smallest absolute Gasteiger partial charge is 0.270 e. The van der Waals surface area contributed by atoms with Gasteiger partial charge >= 0.3 is 0 Å². The lowest BCUT2D eigenvalue weighted by Gasteiger charge is -2.07. The molecule has 0 radical (unpaired) electrons. The number of benzene rings is 1. The molecule has 1 aliphatic rings. The van der Waals surface area contributed by atoms with Crippen molar-refractivity contribution in [3.63, 3.8) is 0 Å². The number of nitro benzene ring substituents is 1. The van der Waals surface area contributed by atoms with Crippen LogP contribution < -0.4 is 5.32 Å². The predicted octanol–water partition coefficient (Wildman–Crippen LogP) is 3.43. The highest BCUT2D eigenvalue weighted by atomic mass is 79.9. The molecule has 1 aromatic rings. The summed E-state index contributed by atoms with van der Waals surface area (Å²) in [6.45, 7) is 3.18. The van der Waals surface area contributed by atoms with Crippen LogP contribution in [0.15, 0.2) is 22.7 Å². The molecular weight excluding hydrogens is 272 g/mol. The highest BCUT2D eigenvalue weighted by Crippen LogP contribution is 2.38. The lowest BCUT2D eigenvalue weighted by Crippen LogP contribution is -2.05. The van der Waals surface area contributed by atoms with Crippen LogP contribution >= 0.6 is 15.9 Å². The van der Waals surface area contributed by atoms with Crippen LogP contribution in [0.5, 0.6) is 0 Å². The van der Waals surface area contributed by atoms with Crippen molar-refractivity contribution in [3.8, 4) is 0 Å². The van der Waals surface area contributed by atoms with Gasteiger partial charge in [-0.05, 0) is 40.3 Å². The van der Waals surface area contributed by atoms with E-state index in [1.165, 1.54) is 18.6 Å². The summed E-state index contributed by atoms with van der Waals surface area (Å²) < 4.78 is 0.745. The molecule has 1 aromatic carbocycles. The van der Waals surface area contributed by atoms with Crippen molar-refractivity contribution in [2.24, 2.45) is 11.8 Å². The van der Waals surface area contributed by atoms with Crippen molar-refractivity contribution >= 4 is 27.3 Å². The molecule has 86 valence electrons. The van der Waals surface area contributed by atoms with Gasteiger partial charge in [-0.2, -0.15) is 0 Å². The number of hydrogen-bond donors (Lipinski definition) is 1. The number of halogens is 1. The van der Waals surface area contributed by atoms with Crippen LogP contribution in [-0.2, 0) is 0 Å². The van der Waals surface area contributed by atoms with E-state index < -0.39 is 4.92 Å². The van der Waals surface area contributed by atoms with Gasteiger partial charge in [-0.15, -0.1) is 0 Å². The summed E-state index contributed by atoms with van der Waals surface area (Å²) in [5.41, 5.74) is 1.03. The minimum absolute atomic E-state index is 0.109. The van der Waals surface area contributed by atoms with Crippen LogP contribution in [0.4, 0.5) is 11.4 Å². The minimum atomic E-state index is -0.391. The Morgan fingerprint density at radius 3 is 2.81 bits per heavy atom. The Hall–Kier alpha value is -1.10. The summed E-state index contributed by atoms with van der Waals surface area (Å²) in [6, 6.07) is 4.79. The first kappa shape index (κ1) is 11.4. The Kier molecular flexibility index (Phi) is 3.14. The molecule has 0 bridgehead atoms. The number of anilines is 1. The average molecular weight is 285 g/mol. The van der Waals surface area contributed by atoms with Crippen molar-refractivity contribution < 1.29 is 4.92 Å². The summed E-state index contributed by atoms with van der Waals surface area (Å²) in [5, 5.41) is 13.8. The Labute approximate surface area is 102 Å². The van der Waals surface area contributed by atoms with E-state index in [1.54, 1.807) is 6.07 Å². The van der Waals surface area contributed by atoms with Gasteiger partial charge in [-0.25, -0.2) is 0 Å². The fraction of sp³-hybridized carbons (Fsp3) is 0.455. The third kappa shape index (κ3) is 2.52. The molecule has 5 heteroatoms. The van der Waals surface area contributed by atoms with Gasteiger partial charge in [0.1, 0.15) is 0 Å². The van der Waals surface area contributed by atoms with Crippen molar-refractivity contribution in [3.05, 3.63) is 32.8 Å². The lowest BCUT2D eigenvalue weighted by atomic mass is 10.2. The zero-order chi connectivity index (χ0) is 11.7. The zero-order valence-corrected chi connectivity index (χ0v) is 10.5. The number of rotatable bonds is 4. The van der Waals surface area contributed by atoms with Crippen molar-refractivity contribution in [2.45, 2.75) is 13.3 Å². The van der Waals surface area contributed by atoms with Gasteiger partial charge in [0.15, 0.2) is 0 Å². The van der Waals surface area contributed by atoms with E-state index in [0.717, 1.165) is 28.5 Å². The maximum atomic E-state index is 10.5. The first-order valence-corrected chi connectivity index (χ1v) is 6.05. The summed E-state index contributed by atoms with van der Waals surface area (Å²) in [5.74, 6) is 1.56. The zero-order valence-electron chi connectivity index (χ0n) is 8.94. The third-order valence-electron chi connectivity index (χ3n) is 2.99. The first-order valence-electron chi connectivity index (χ1n) is 5.25. The molecule has 1 saturated carbocycles. The molecule has 2 atom stereocenters. The van der Waals surface area contributed by atoms with Crippen LogP contribution in [0.25, 0.3) is 0 Å². The summed E-state index contributed by atoms with van der Waals surface area (Å²) in [6.07, 6.45) is 1.28. The Morgan fingerprint density at radius 1 is 1.62 bits per heavy atom. The lowest BCUT2D eigenvalue weighted by molar-refractivity contribution is -0.384. The second-order valence-corrected chi connectivity index (χ2v) is 5.13. The fourth-order valence-electron chi connectivity index (χ4n) is 1.69. The van der Waals surface area contributed by atoms with Gasteiger partial charge in [-0.1, -0.05) is 6.92 Å². The van der Waals surface area contributed by atoms with Crippen LogP contribution in [0.1, 0.15) is 13.3 Å². The molecule has 0 aliphatic heterocycles. The van der Waals surface area contributed by atoms with E-state index in [-0.39, 0.29) is 5.69 Å². The molecule has 1 fully saturated rings. The Morgan fingerprint density at radius 2 is 2.31 bits per heavy atom. The SMILES string of the molecule is CC1CC1CNc1ccc([N+](=O)[O-])cc1Br. The van der Waals surface area contributed by atoms with E-state index in [4.69, 9.17) is 0 Å². The van der Waals surface area contributed by atoms with Crippen molar-refractivity contribution in [1.82, 2.24) is 0 Å². The molecular formula is C11H13BrN2O2. The van der Waals surface area contributed by atoms with Crippen molar-refractivity contribution in [2.75, 3.05) is 11.9 Å². The molecule has 0 aromatic heterocycles. The minimum Gasteiger partial charge on any atom is -0.384 e. The van der Waals surface area contributed by atoms with Crippen LogP contribution in [0, 0.1) is 22.0 Å². The first-order chi connectivity index (χ1) is 7.58. The normalized spacial score (nSPS) is 22.9. The largest absolute Gasteiger partial charge is 0.384 e. The topological polar surface area (TPSA) is 55.2 Å². The second kappa shape index (κ2) is 4.41. The van der Waals surface area contributed by atoms with Gasteiger partial charge in [0.05, 0.1) is 4.92 Å². The van der Waals surface area contributed by atoms with Gasteiger partial charge in [-0.3, -0.25) is 10.1 Å². The molecule has 0 amide bonds. The molecule has 4 nitrogen and oxygen atoms in total. The highest BCUT2D eigenvalue weighted by molar-refractivity contribution is 9.10. The molecule has 0 spiro atoms. The number of non-ortho nitro benzene ring substituents is 1. The number of nitrogens with one attached hydrogen (secondary N) is 1. The van der Waals surface area contributed by atoms with Crippen LogP contribution in [0.3, 0.4) is 0 Å². The molecule has 2 unspecified atom stereocenters. The molecule has 1 aliphatic carbocycles. The Bertz CT molecular complexity index is 422. The van der Waals surface area contributed by atoms with Gasteiger partial charge in [0.2, 0.25) is 0 Å². The summed E-state index contributed by atoms with van der Waals surface area (Å²) >= 11 is 3.33. The average Bonchev–Trinajstić information content (AvgIpc) is 2.92. The maximum Gasteiger partial charge on any atom is 0.270 e. The van der Waals surface area contributed by atoms with Gasteiger partial charge in [0, 0.05) is 28.8 Å². The van der Waals surface area contributed by atoms with Gasteiger partial charge in [0.25, 0.3) is 5.69 Å². The number of nitro groups is 1. The summed E-state index contributed by atoms with van der Waals surface area (Å²) in [4.78, 5) is 10.2. The highest BCUT2D eigenvalue weighted by Gasteiger charge is 2.31. The van der Waals surface area contributed by atoms with Crippen LogP contribution in [-0.4, -0.2) is 11.5 Å². The maximum absolute atomic E-state index is 10.5. The number of hydrogen-bond acceptors (Lipinski definition) is 3. The fourth-order valence-corrected chi connectivity index (χ4v) is 2.19. The standard InChI is InChI=1S/C11H13BrN2O2/c1-7-4-8(7)6-13-11-3-2-9(14(15)16)5-10(11)12/h2-3,5,7-8,13H,4,6H2,1H3. The number of nitrogens with zero attached hydrogens (tertiary/aromatic N) is 1. The second-order valence-electron chi connectivity index (χ2n) is 4.28. The Balaban J connectivity index is 2.01. The molecule has 2 rings (SSSR count). The van der Waals surface area contributed by atoms with E-state index in [1.807, 2.05) is 0 Å². The monoisotopic (exact) mass is 284 g/mol. The predicted molar refractivity (Wildman–Crippen MR) is 66.6 cm³/mol. The van der Waals surface area contributed by atoms with E-state index in [9.17, 15) is 10.1 Å². The summed E-state index contributed by atoms with van der Waals surface area (Å²) in [7, 11) is 0. The molecule has 1 N–H and O–H groups in total. The third-order valence-corrected chi connectivity index (χ3v) is 3.65. The van der Waals surface area contributed by atoms with E-state index in [2.05, 4.69) is 28.2 Å². The molecule has 0 saturated heterocycles. The van der Waals surface area contributed by atoms with E-state index in [0.29, 0.717) is 0 Å². The molecule has 0 heterocycles.